The Bertz CT molecular complexity index is 1300. The molecule has 0 unspecified atom stereocenters. The number of nitrogens with zero attached hydrogens (tertiary/aromatic N) is 6. The summed E-state index contributed by atoms with van der Waals surface area (Å²) in [7, 11) is 0. The minimum absolute atomic E-state index is 0.140. The van der Waals surface area contributed by atoms with Crippen LogP contribution in [0.5, 0.6) is 5.75 Å². The lowest BCUT2D eigenvalue weighted by atomic mass is 10.1. The standard InChI is InChI=1S/C24H25N7O2S2/c1-4-8-31-13-19(29-30-31)14-33-20-7-5-6-18(10-20)11-21-12-25-23(35-21)28-22(32)15-34-24-26-16(2)9-17(3)27-24/h4-7,9-10,12-13H,1,8,11,14-15H2,2-3H3,(H,25,28,32). The van der Waals surface area contributed by atoms with Gasteiger partial charge in [0.2, 0.25) is 5.91 Å². The van der Waals surface area contributed by atoms with Gasteiger partial charge >= 0.3 is 0 Å². The van der Waals surface area contributed by atoms with Crippen LogP contribution in [0, 0.1) is 13.8 Å². The molecule has 0 aliphatic carbocycles. The first-order valence-corrected chi connectivity index (χ1v) is 12.7. The summed E-state index contributed by atoms with van der Waals surface area (Å²) in [4.78, 5) is 26.4. The Hall–Kier alpha value is -3.57. The van der Waals surface area contributed by atoms with E-state index in [-0.39, 0.29) is 11.7 Å². The first-order chi connectivity index (χ1) is 17.0. The van der Waals surface area contributed by atoms with Gasteiger partial charge in [0.25, 0.3) is 0 Å². The van der Waals surface area contributed by atoms with Crippen molar-refractivity contribution in [3.05, 3.63) is 82.9 Å². The number of benzene rings is 1. The summed E-state index contributed by atoms with van der Waals surface area (Å²) in [5, 5.41) is 12.1. The Kier molecular flexibility index (Phi) is 8.22. The molecule has 0 aliphatic rings. The van der Waals surface area contributed by atoms with Crippen molar-refractivity contribution >= 4 is 34.1 Å². The summed E-state index contributed by atoms with van der Waals surface area (Å²) in [6, 6.07) is 9.79. The Morgan fingerprint density at radius 2 is 2.09 bits per heavy atom. The molecule has 11 heteroatoms. The highest BCUT2D eigenvalue weighted by atomic mass is 32.2. The van der Waals surface area contributed by atoms with E-state index < -0.39 is 0 Å². The summed E-state index contributed by atoms with van der Waals surface area (Å²) in [5.74, 6) is 0.835. The summed E-state index contributed by atoms with van der Waals surface area (Å²) in [6.07, 6.45) is 6.07. The number of ether oxygens (including phenoxy) is 1. The van der Waals surface area contributed by atoms with Crippen molar-refractivity contribution in [2.45, 2.75) is 38.6 Å². The number of carbonyl (C=O) groups is 1. The Morgan fingerprint density at radius 3 is 2.89 bits per heavy atom. The maximum Gasteiger partial charge on any atom is 0.236 e. The highest BCUT2D eigenvalue weighted by Gasteiger charge is 2.10. The monoisotopic (exact) mass is 507 g/mol. The average molecular weight is 508 g/mol. The normalized spacial score (nSPS) is 10.8. The summed E-state index contributed by atoms with van der Waals surface area (Å²) in [6.45, 7) is 8.46. The molecule has 0 spiro atoms. The third kappa shape index (κ3) is 7.46. The number of rotatable bonds is 11. The Balaban J connectivity index is 1.27. The number of carbonyl (C=O) groups excluding carboxylic acids is 1. The molecule has 0 saturated heterocycles. The minimum Gasteiger partial charge on any atom is -0.487 e. The smallest absolute Gasteiger partial charge is 0.236 e. The second-order valence-corrected chi connectivity index (χ2v) is 9.79. The maximum absolute atomic E-state index is 12.3. The van der Waals surface area contributed by atoms with Crippen LogP contribution in [0.15, 0.2) is 60.5 Å². The number of nitrogens with one attached hydrogen (secondary N) is 1. The molecule has 3 aromatic heterocycles. The topological polar surface area (TPSA) is 108 Å². The van der Waals surface area contributed by atoms with Gasteiger partial charge < -0.3 is 10.1 Å². The van der Waals surface area contributed by atoms with Gasteiger partial charge in [-0.15, -0.1) is 23.0 Å². The van der Waals surface area contributed by atoms with Crippen LogP contribution in [0.1, 0.15) is 27.5 Å². The van der Waals surface area contributed by atoms with Crippen LogP contribution in [-0.2, 0) is 24.4 Å². The van der Waals surface area contributed by atoms with Gasteiger partial charge in [-0.1, -0.05) is 35.2 Å². The fourth-order valence-corrected chi connectivity index (χ4v) is 4.83. The van der Waals surface area contributed by atoms with Gasteiger partial charge in [-0.25, -0.2) is 19.6 Å². The molecule has 4 aromatic rings. The molecular weight excluding hydrogens is 482 g/mol. The zero-order chi connectivity index (χ0) is 24.6. The zero-order valence-electron chi connectivity index (χ0n) is 19.5. The Morgan fingerprint density at radius 1 is 1.26 bits per heavy atom. The minimum atomic E-state index is -0.140. The van der Waals surface area contributed by atoms with Gasteiger partial charge in [0, 0.05) is 28.9 Å². The lowest BCUT2D eigenvalue weighted by molar-refractivity contribution is -0.113. The molecule has 180 valence electrons. The number of allylic oxidation sites excluding steroid dienone is 1. The van der Waals surface area contributed by atoms with Crippen molar-refractivity contribution in [1.29, 1.82) is 0 Å². The maximum atomic E-state index is 12.3. The molecule has 4 rings (SSSR count). The third-order valence-corrected chi connectivity index (χ3v) is 6.42. The van der Waals surface area contributed by atoms with Gasteiger partial charge in [-0.05, 0) is 37.6 Å². The van der Waals surface area contributed by atoms with Crippen LogP contribution >= 0.6 is 23.1 Å². The van der Waals surface area contributed by atoms with Gasteiger partial charge in [-0.2, -0.15) is 0 Å². The predicted molar refractivity (Wildman–Crippen MR) is 137 cm³/mol. The van der Waals surface area contributed by atoms with Crippen molar-refractivity contribution in [2.75, 3.05) is 11.1 Å². The molecule has 0 aliphatic heterocycles. The molecule has 1 aromatic carbocycles. The molecule has 0 fully saturated rings. The summed E-state index contributed by atoms with van der Waals surface area (Å²) < 4.78 is 7.58. The molecule has 9 nitrogen and oxygen atoms in total. The third-order valence-electron chi connectivity index (χ3n) is 4.66. The highest BCUT2D eigenvalue weighted by molar-refractivity contribution is 7.99. The van der Waals surface area contributed by atoms with Gasteiger partial charge in [-0.3, -0.25) is 4.79 Å². The number of hydrogen-bond acceptors (Lipinski definition) is 9. The molecule has 0 bridgehead atoms. The summed E-state index contributed by atoms with van der Waals surface area (Å²) in [5.41, 5.74) is 3.61. The van der Waals surface area contributed by atoms with Crippen LogP contribution in [-0.4, -0.2) is 41.6 Å². The fraction of sp³-hybridized carbons (Fsp3) is 0.250. The van der Waals surface area contributed by atoms with E-state index in [9.17, 15) is 4.79 Å². The van der Waals surface area contributed by atoms with Crippen molar-refractivity contribution in [3.63, 3.8) is 0 Å². The van der Waals surface area contributed by atoms with E-state index in [4.69, 9.17) is 4.74 Å². The van der Waals surface area contributed by atoms with E-state index in [1.165, 1.54) is 23.1 Å². The van der Waals surface area contributed by atoms with Crippen LogP contribution in [0.2, 0.25) is 0 Å². The van der Waals surface area contributed by atoms with Gasteiger partial charge in [0.1, 0.15) is 18.1 Å². The predicted octanol–water partition coefficient (Wildman–Crippen LogP) is 4.23. The van der Waals surface area contributed by atoms with Gasteiger partial charge in [0.05, 0.1) is 18.5 Å². The number of thiazole rings is 1. The molecule has 0 radical (unpaired) electrons. The number of anilines is 1. The summed E-state index contributed by atoms with van der Waals surface area (Å²) >= 11 is 2.76. The molecule has 0 atom stereocenters. The average Bonchev–Trinajstić information content (AvgIpc) is 3.45. The second-order valence-electron chi connectivity index (χ2n) is 7.74. The van der Waals surface area contributed by atoms with Crippen LogP contribution in [0.25, 0.3) is 0 Å². The van der Waals surface area contributed by atoms with E-state index in [1.54, 1.807) is 17.0 Å². The first kappa shape index (κ1) is 24.6. The molecule has 1 N–H and O–H groups in total. The van der Waals surface area contributed by atoms with Crippen molar-refractivity contribution in [2.24, 2.45) is 0 Å². The van der Waals surface area contributed by atoms with E-state index in [0.29, 0.717) is 29.9 Å². The van der Waals surface area contributed by atoms with Crippen LogP contribution < -0.4 is 10.1 Å². The molecule has 1 amide bonds. The first-order valence-electron chi connectivity index (χ1n) is 10.9. The largest absolute Gasteiger partial charge is 0.487 e. The van der Waals surface area contributed by atoms with Crippen LogP contribution in [0.3, 0.4) is 0 Å². The van der Waals surface area contributed by atoms with E-state index in [1.807, 2.05) is 50.4 Å². The van der Waals surface area contributed by atoms with E-state index >= 15 is 0 Å². The van der Waals surface area contributed by atoms with Crippen molar-refractivity contribution in [1.82, 2.24) is 29.9 Å². The van der Waals surface area contributed by atoms with Crippen molar-refractivity contribution < 1.29 is 9.53 Å². The zero-order valence-corrected chi connectivity index (χ0v) is 21.1. The number of aryl methyl sites for hydroxylation is 2. The quantitative estimate of drug-likeness (QED) is 0.183. The lowest BCUT2D eigenvalue weighted by Crippen LogP contribution is -2.14. The fourth-order valence-electron chi connectivity index (χ4n) is 3.22. The van der Waals surface area contributed by atoms with E-state index in [2.05, 4.69) is 37.2 Å². The second kappa shape index (κ2) is 11.7. The number of amides is 1. The molecular formula is C24H25N7O2S2. The Labute approximate surface area is 211 Å². The molecule has 0 saturated carbocycles. The number of aromatic nitrogens is 6. The molecule has 35 heavy (non-hydrogen) atoms. The van der Waals surface area contributed by atoms with E-state index in [0.717, 1.165) is 33.3 Å². The molecule has 3 heterocycles. The van der Waals surface area contributed by atoms with Gasteiger partial charge in [0.15, 0.2) is 10.3 Å². The highest BCUT2D eigenvalue weighted by Crippen LogP contribution is 2.24. The number of hydrogen-bond donors (Lipinski definition) is 1. The van der Waals surface area contributed by atoms with Crippen molar-refractivity contribution in [3.8, 4) is 5.75 Å². The SMILES string of the molecule is C=CCn1cc(COc2cccc(Cc3cnc(NC(=O)CSc4nc(C)cc(C)n4)s3)c2)nn1. The van der Waals surface area contributed by atoms with Crippen LogP contribution in [0.4, 0.5) is 5.13 Å². The number of thioether (sulfide) groups is 1. The lowest BCUT2D eigenvalue weighted by Gasteiger charge is -2.06.